The minimum Gasteiger partial charge on any atom is -0.356 e. The Labute approximate surface area is 72.3 Å². The SMILES string of the molecule is CC(CCl)CNC(=O)C1CC1. The van der Waals surface area contributed by atoms with Crippen LogP contribution in [-0.2, 0) is 4.79 Å². The summed E-state index contributed by atoms with van der Waals surface area (Å²) in [6, 6.07) is 0. The van der Waals surface area contributed by atoms with E-state index in [0.717, 1.165) is 19.4 Å². The van der Waals surface area contributed by atoms with Gasteiger partial charge in [0.2, 0.25) is 5.91 Å². The highest BCUT2D eigenvalue weighted by Crippen LogP contribution is 2.28. The summed E-state index contributed by atoms with van der Waals surface area (Å²) < 4.78 is 0. The fourth-order valence-electron chi connectivity index (χ4n) is 0.819. The number of carbonyl (C=O) groups excluding carboxylic acids is 1. The van der Waals surface area contributed by atoms with Crippen LogP contribution in [0.5, 0.6) is 0 Å². The molecule has 1 aliphatic rings. The molecular formula is C8H14ClNO. The van der Waals surface area contributed by atoms with Crippen molar-refractivity contribution in [2.45, 2.75) is 19.8 Å². The lowest BCUT2D eigenvalue weighted by Crippen LogP contribution is -2.29. The molecule has 1 aliphatic carbocycles. The van der Waals surface area contributed by atoms with Gasteiger partial charge in [0.25, 0.3) is 0 Å². The van der Waals surface area contributed by atoms with Crippen molar-refractivity contribution in [3.63, 3.8) is 0 Å². The molecule has 1 atom stereocenters. The lowest BCUT2D eigenvalue weighted by Gasteiger charge is -2.07. The van der Waals surface area contributed by atoms with Crippen molar-refractivity contribution < 1.29 is 4.79 Å². The number of alkyl halides is 1. The Bertz CT molecular complexity index is 145. The minimum atomic E-state index is 0.210. The lowest BCUT2D eigenvalue weighted by molar-refractivity contribution is -0.122. The normalized spacial score (nSPS) is 19.5. The Morgan fingerprint density at radius 1 is 1.73 bits per heavy atom. The number of nitrogens with one attached hydrogen (secondary N) is 1. The Balaban J connectivity index is 2.05. The molecule has 0 aromatic carbocycles. The van der Waals surface area contributed by atoms with Gasteiger partial charge in [-0.15, -0.1) is 11.6 Å². The van der Waals surface area contributed by atoms with Crippen molar-refractivity contribution in [2.24, 2.45) is 11.8 Å². The maximum Gasteiger partial charge on any atom is 0.223 e. The van der Waals surface area contributed by atoms with Gasteiger partial charge in [0.1, 0.15) is 0 Å². The van der Waals surface area contributed by atoms with Crippen LogP contribution in [-0.4, -0.2) is 18.3 Å². The Hall–Kier alpha value is -0.240. The molecule has 0 aromatic rings. The van der Waals surface area contributed by atoms with Gasteiger partial charge in [-0.3, -0.25) is 4.79 Å². The molecule has 0 radical (unpaired) electrons. The van der Waals surface area contributed by atoms with Gasteiger partial charge in [-0.2, -0.15) is 0 Å². The van der Waals surface area contributed by atoms with E-state index in [1.54, 1.807) is 0 Å². The number of carbonyl (C=O) groups is 1. The number of amides is 1. The second kappa shape index (κ2) is 3.96. The number of hydrogen-bond acceptors (Lipinski definition) is 1. The maximum atomic E-state index is 11.1. The van der Waals surface area contributed by atoms with Crippen LogP contribution in [0.15, 0.2) is 0 Å². The molecule has 0 bridgehead atoms. The standard InChI is InChI=1S/C8H14ClNO/c1-6(4-9)5-10-8(11)7-2-3-7/h6-7H,2-5H2,1H3,(H,10,11). The van der Waals surface area contributed by atoms with Crippen molar-refractivity contribution in [1.29, 1.82) is 0 Å². The van der Waals surface area contributed by atoms with Crippen LogP contribution >= 0.6 is 11.6 Å². The zero-order valence-corrected chi connectivity index (χ0v) is 7.53. The second-order valence-electron chi connectivity index (χ2n) is 3.28. The number of rotatable bonds is 4. The third kappa shape index (κ3) is 3.10. The van der Waals surface area contributed by atoms with Crippen molar-refractivity contribution in [2.75, 3.05) is 12.4 Å². The average molecular weight is 176 g/mol. The van der Waals surface area contributed by atoms with Crippen molar-refractivity contribution in [3.05, 3.63) is 0 Å². The molecule has 1 fully saturated rings. The van der Waals surface area contributed by atoms with Gasteiger partial charge >= 0.3 is 0 Å². The van der Waals surface area contributed by atoms with Crippen LogP contribution in [0.3, 0.4) is 0 Å². The largest absolute Gasteiger partial charge is 0.356 e. The first-order chi connectivity index (χ1) is 5.24. The maximum absolute atomic E-state index is 11.1. The fraction of sp³-hybridized carbons (Fsp3) is 0.875. The molecule has 1 unspecified atom stereocenters. The van der Waals surface area contributed by atoms with E-state index in [4.69, 9.17) is 11.6 Å². The van der Waals surface area contributed by atoms with E-state index in [9.17, 15) is 4.79 Å². The van der Waals surface area contributed by atoms with E-state index < -0.39 is 0 Å². The summed E-state index contributed by atoms with van der Waals surface area (Å²) in [6.07, 6.45) is 2.14. The molecule has 64 valence electrons. The molecular weight excluding hydrogens is 162 g/mol. The van der Waals surface area contributed by atoms with E-state index in [2.05, 4.69) is 5.32 Å². The van der Waals surface area contributed by atoms with Gasteiger partial charge < -0.3 is 5.32 Å². The van der Waals surface area contributed by atoms with Gasteiger partial charge in [0.05, 0.1) is 0 Å². The van der Waals surface area contributed by atoms with Gasteiger partial charge in [-0.05, 0) is 18.8 Å². The van der Waals surface area contributed by atoms with Crippen LogP contribution in [0.2, 0.25) is 0 Å². The van der Waals surface area contributed by atoms with Gasteiger partial charge in [-0.1, -0.05) is 6.92 Å². The molecule has 1 N–H and O–H groups in total. The summed E-state index contributed by atoms with van der Waals surface area (Å²) in [7, 11) is 0. The molecule has 2 nitrogen and oxygen atoms in total. The average Bonchev–Trinajstić information content (AvgIpc) is 2.81. The summed E-state index contributed by atoms with van der Waals surface area (Å²) in [5, 5.41) is 2.87. The summed E-state index contributed by atoms with van der Waals surface area (Å²) in [6.45, 7) is 2.75. The predicted octanol–water partition coefficient (Wildman–Crippen LogP) is 1.39. The van der Waals surface area contributed by atoms with Gasteiger partial charge in [0, 0.05) is 18.3 Å². The van der Waals surface area contributed by atoms with E-state index >= 15 is 0 Å². The highest BCUT2D eigenvalue weighted by atomic mass is 35.5. The lowest BCUT2D eigenvalue weighted by atomic mass is 10.2. The summed E-state index contributed by atoms with van der Waals surface area (Å²) in [5.74, 6) is 1.53. The molecule has 0 saturated heterocycles. The van der Waals surface area contributed by atoms with Crippen molar-refractivity contribution in [3.8, 4) is 0 Å². The molecule has 0 heterocycles. The smallest absolute Gasteiger partial charge is 0.223 e. The highest BCUT2D eigenvalue weighted by molar-refractivity contribution is 6.18. The van der Waals surface area contributed by atoms with Crippen LogP contribution in [0.4, 0.5) is 0 Å². The zero-order valence-electron chi connectivity index (χ0n) is 6.77. The third-order valence-electron chi connectivity index (χ3n) is 1.84. The molecule has 0 aromatic heterocycles. The molecule has 0 spiro atoms. The quantitative estimate of drug-likeness (QED) is 0.643. The predicted molar refractivity (Wildman–Crippen MR) is 45.6 cm³/mol. The first-order valence-corrected chi connectivity index (χ1v) is 4.61. The van der Waals surface area contributed by atoms with Crippen LogP contribution < -0.4 is 5.32 Å². The third-order valence-corrected chi connectivity index (χ3v) is 2.36. The monoisotopic (exact) mass is 175 g/mol. The molecule has 1 rings (SSSR count). The molecule has 3 heteroatoms. The summed E-state index contributed by atoms with van der Waals surface area (Å²) in [5.41, 5.74) is 0. The Morgan fingerprint density at radius 2 is 2.36 bits per heavy atom. The highest BCUT2D eigenvalue weighted by Gasteiger charge is 2.29. The van der Waals surface area contributed by atoms with E-state index in [1.165, 1.54) is 0 Å². The van der Waals surface area contributed by atoms with Crippen LogP contribution in [0.1, 0.15) is 19.8 Å². The topological polar surface area (TPSA) is 29.1 Å². The van der Waals surface area contributed by atoms with E-state index in [0.29, 0.717) is 17.7 Å². The Morgan fingerprint density at radius 3 is 2.82 bits per heavy atom. The van der Waals surface area contributed by atoms with E-state index in [1.807, 2.05) is 6.92 Å². The summed E-state index contributed by atoms with van der Waals surface area (Å²) >= 11 is 5.58. The van der Waals surface area contributed by atoms with Crippen LogP contribution in [0, 0.1) is 11.8 Å². The fourth-order valence-corrected chi connectivity index (χ4v) is 0.928. The van der Waals surface area contributed by atoms with Crippen LogP contribution in [0.25, 0.3) is 0 Å². The zero-order chi connectivity index (χ0) is 8.27. The second-order valence-corrected chi connectivity index (χ2v) is 3.59. The number of hydrogen-bond donors (Lipinski definition) is 1. The molecule has 11 heavy (non-hydrogen) atoms. The molecule has 1 amide bonds. The van der Waals surface area contributed by atoms with Gasteiger partial charge in [0.15, 0.2) is 0 Å². The Kier molecular flexibility index (Phi) is 3.18. The minimum absolute atomic E-state index is 0.210. The van der Waals surface area contributed by atoms with Crippen molar-refractivity contribution in [1.82, 2.24) is 5.32 Å². The number of halogens is 1. The van der Waals surface area contributed by atoms with Crippen molar-refractivity contribution >= 4 is 17.5 Å². The molecule has 0 aliphatic heterocycles. The van der Waals surface area contributed by atoms with Gasteiger partial charge in [-0.25, -0.2) is 0 Å². The first-order valence-electron chi connectivity index (χ1n) is 4.07. The first kappa shape index (κ1) is 8.85. The molecule has 1 saturated carbocycles. The summed E-state index contributed by atoms with van der Waals surface area (Å²) in [4.78, 5) is 11.1. The van der Waals surface area contributed by atoms with E-state index in [-0.39, 0.29) is 5.91 Å².